The lowest BCUT2D eigenvalue weighted by Gasteiger charge is -2.31. The molecule has 1 aliphatic rings. The number of hydrogen-bond donors (Lipinski definition) is 2. The van der Waals surface area contributed by atoms with Crippen LogP contribution in [0, 0.1) is 5.92 Å². The van der Waals surface area contributed by atoms with Gasteiger partial charge in [-0.1, -0.05) is 24.3 Å². The summed E-state index contributed by atoms with van der Waals surface area (Å²) < 4.78 is 1.86. The summed E-state index contributed by atoms with van der Waals surface area (Å²) in [5.41, 5.74) is 1.91. The van der Waals surface area contributed by atoms with E-state index in [1.807, 2.05) is 33.8 Å². The van der Waals surface area contributed by atoms with E-state index in [1.165, 1.54) is 0 Å². The van der Waals surface area contributed by atoms with Gasteiger partial charge in [-0.3, -0.25) is 4.68 Å². The van der Waals surface area contributed by atoms with Crippen molar-refractivity contribution in [3.63, 3.8) is 0 Å². The number of rotatable bonds is 5. The minimum Gasteiger partial charge on any atom is -0.389 e. The number of carbonyl (C=O) groups excluding carboxylic acids is 1. The average Bonchev–Trinajstić information content (AvgIpc) is 3.13. The molecule has 0 unspecified atom stereocenters. The summed E-state index contributed by atoms with van der Waals surface area (Å²) in [4.78, 5) is 18.2. The third kappa shape index (κ3) is 4.79. The molecule has 7 nitrogen and oxygen atoms in total. The molecule has 2 N–H and O–H groups in total. The molecule has 25 heavy (non-hydrogen) atoms. The Morgan fingerprint density at radius 3 is 2.64 bits per heavy atom. The van der Waals surface area contributed by atoms with Gasteiger partial charge < -0.3 is 15.3 Å². The van der Waals surface area contributed by atoms with Gasteiger partial charge in [0.1, 0.15) is 12.7 Å². The Balaban J connectivity index is 1.41. The van der Waals surface area contributed by atoms with Gasteiger partial charge in [0.05, 0.1) is 6.10 Å². The molecular weight excluding hydrogens is 318 g/mol. The average molecular weight is 343 g/mol. The number of carbonyl (C=O) groups is 1. The zero-order chi connectivity index (χ0) is 17.6. The lowest BCUT2D eigenvalue weighted by molar-refractivity contribution is 0.164. The molecule has 2 amide bonds. The normalized spacial score (nSPS) is 16.6. The van der Waals surface area contributed by atoms with Gasteiger partial charge in [0.2, 0.25) is 0 Å². The van der Waals surface area contributed by atoms with E-state index in [2.05, 4.69) is 15.4 Å². The highest BCUT2D eigenvalue weighted by molar-refractivity contribution is 5.74. The largest absolute Gasteiger partial charge is 0.389 e. The van der Waals surface area contributed by atoms with E-state index < -0.39 is 6.10 Å². The van der Waals surface area contributed by atoms with E-state index in [1.54, 1.807) is 19.6 Å². The fraction of sp³-hybridized carbons (Fsp3) is 0.500. The van der Waals surface area contributed by atoms with Gasteiger partial charge in [-0.15, -0.1) is 0 Å². The van der Waals surface area contributed by atoms with Crippen molar-refractivity contribution >= 4 is 6.03 Å². The number of nitrogens with one attached hydrogen (secondary N) is 1. The summed E-state index contributed by atoms with van der Waals surface area (Å²) in [5, 5.41) is 16.6. The zero-order valence-electron chi connectivity index (χ0n) is 14.5. The maximum atomic E-state index is 12.3. The quantitative estimate of drug-likeness (QED) is 0.869. The number of aliphatic hydroxyl groups is 1. The Hall–Kier alpha value is -2.41. The van der Waals surface area contributed by atoms with Crippen LogP contribution in [0.3, 0.4) is 0 Å². The first-order valence-corrected chi connectivity index (χ1v) is 8.74. The van der Waals surface area contributed by atoms with Crippen molar-refractivity contribution in [2.24, 2.45) is 5.92 Å². The van der Waals surface area contributed by atoms with Gasteiger partial charge in [-0.25, -0.2) is 9.78 Å². The van der Waals surface area contributed by atoms with Crippen LogP contribution >= 0.6 is 0 Å². The number of aromatic nitrogens is 3. The standard InChI is InChI=1S/C18H25N5O2/c1-14(24)17-4-2-15(3-5-17)10-20-18(25)22-8-6-16(7-9-22)11-23-13-19-12-21-23/h2-5,12-14,16,24H,6-11H2,1H3,(H,20,25)/t14-/m1/s1. The summed E-state index contributed by atoms with van der Waals surface area (Å²) in [6, 6.07) is 7.64. The minimum atomic E-state index is -0.470. The molecule has 0 saturated carbocycles. The second kappa shape index (κ2) is 8.11. The second-order valence-electron chi connectivity index (χ2n) is 6.62. The number of nitrogens with zero attached hydrogens (tertiary/aromatic N) is 4. The molecule has 2 heterocycles. The van der Waals surface area contributed by atoms with E-state index in [9.17, 15) is 9.90 Å². The molecule has 0 radical (unpaired) electrons. The van der Waals surface area contributed by atoms with Crippen molar-refractivity contribution < 1.29 is 9.90 Å². The van der Waals surface area contributed by atoms with Gasteiger partial charge in [-0.2, -0.15) is 5.10 Å². The summed E-state index contributed by atoms with van der Waals surface area (Å²) in [5.74, 6) is 0.541. The summed E-state index contributed by atoms with van der Waals surface area (Å²) >= 11 is 0. The monoisotopic (exact) mass is 343 g/mol. The number of urea groups is 1. The van der Waals surface area contributed by atoms with Crippen LogP contribution in [0.4, 0.5) is 4.79 Å². The number of benzene rings is 1. The van der Waals surface area contributed by atoms with Gasteiger partial charge in [-0.05, 0) is 36.8 Å². The van der Waals surface area contributed by atoms with Crippen LogP contribution in [-0.2, 0) is 13.1 Å². The highest BCUT2D eigenvalue weighted by atomic mass is 16.3. The number of piperidine rings is 1. The molecule has 2 aromatic rings. The van der Waals surface area contributed by atoms with Crippen molar-refractivity contribution in [1.82, 2.24) is 25.0 Å². The van der Waals surface area contributed by atoms with Crippen LogP contribution in [0.5, 0.6) is 0 Å². The number of hydrogen-bond acceptors (Lipinski definition) is 4. The Morgan fingerprint density at radius 2 is 2.04 bits per heavy atom. The van der Waals surface area contributed by atoms with E-state index in [-0.39, 0.29) is 6.03 Å². The molecule has 1 aromatic carbocycles. The molecule has 1 fully saturated rings. The maximum Gasteiger partial charge on any atom is 0.317 e. The van der Waals surface area contributed by atoms with E-state index >= 15 is 0 Å². The van der Waals surface area contributed by atoms with E-state index in [0.717, 1.165) is 43.6 Å². The van der Waals surface area contributed by atoms with E-state index in [0.29, 0.717) is 12.5 Å². The first-order valence-electron chi connectivity index (χ1n) is 8.74. The highest BCUT2D eigenvalue weighted by Gasteiger charge is 2.23. The molecular formula is C18H25N5O2. The zero-order valence-corrected chi connectivity index (χ0v) is 14.5. The highest BCUT2D eigenvalue weighted by Crippen LogP contribution is 2.19. The van der Waals surface area contributed by atoms with Crippen molar-refractivity contribution in [1.29, 1.82) is 0 Å². The number of aliphatic hydroxyl groups excluding tert-OH is 1. The van der Waals surface area contributed by atoms with Crippen LogP contribution in [0.2, 0.25) is 0 Å². The van der Waals surface area contributed by atoms with Gasteiger partial charge in [0.15, 0.2) is 0 Å². The molecule has 1 atom stereocenters. The predicted octanol–water partition coefficient (Wildman–Crippen LogP) is 1.95. The molecule has 1 saturated heterocycles. The van der Waals surface area contributed by atoms with Crippen LogP contribution in [0.1, 0.15) is 37.0 Å². The van der Waals surface area contributed by atoms with Gasteiger partial charge in [0, 0.05) is 26.2 Å². The lowest BCUT2D eigenvalue weighted by atomic mass is 9.97. The summed E-state index contributed by atoms with van der Waals surface area (Å²) in [7, 11) is 0. The molecule has 0 bridgehead atoms. The molecule has 134 valence electrons. The van der Waals surface area contributed by atoms with E-state index in [4.69, 9.17) is 0 Å². The third-order valence-corrected chi connectivity index (χ3v) is 4.72. The Bertz CT molecular complexity index is 661. The van der Waals surface area contributed by atoms with Crippen molar-refractivity contribution in [3.05, 3.63) is 48.0 Å². The molecule has 0 spiro atoms. The topological polar surface area (TPSA) is 83.3 Å². The maximum absolute atomic E-state index is 12.3. The summed E-state index contributed by atoms with van der Waals surface area (Å²) in [6.07, 6.45) is 4.78. The smallest absolute Gasteiger partial charge is 0.317 e. The lowest BCUT2D eigenvalue weighted by Crippen LogP contribution is -2.44. The van der Waals surface area contributed by atoms with Crippen LogP contribution in [-0.4, -0.2) is 43.9 Å². The van der Waals surface area contributed by atoms with Gasteiger partial charge in [0.25, 0.3) is 0 Å². The van der Waals surface area contributed by atoms with Crippen molar-refractivity contribution in [2.75, 3.05) is 13.1 Å². The fourth-order valence-electron chi connectivity index (χ4n) is 3.11. The SMILES string of the molecule is C[C@@H](O)c1ccc(CNC(=O)N2CCC(Cn3cncn3)CC2)cc1. The minimum absolute atomic E-state index is 0.0150. The molecule has 0 aliphatic carbocycles. The first kappa shape index (κ1) is 17.4. The third-order valence-electron chi connectivity index (χ3n) is 4.72. The molecule has 1 aliphatic heterocycles. The van der Waals surface area contributed by atoms with Crippen molar-refractivity contribution in [3.8, 4) is 0 Å². The Kier molecular flexibility index (Phi) is 5.65. The number of amides is 2. The second-order valence-corrected chi connectivity index (χ2v) is 6.62. The van der Waals surface area contributed by atoms with Crippen LogP contribution < -0.4 is 5.32 Å². The van der Waals surface area contributed by atoms with Crippen LogP contribution in [0.25, 0.3) is 0 Å². The first-order chi connectivity index (χ1) is 12.1. The molecule has 3 rings (SSSR count). The van der Waals surface area contributed by atoms with Crippen LogP contribution in [0.15, 0.2) is 36.9 Å². The van der Waals surface area contributed by atoms with Gasteiger partial charge >= 0.3 is 6.03 Å². The summed E-state index contributed by atoms with van der Waals surface area (Å²) in [6.45, 7) is 4.64. The Morgan fingerprint density at radius 1 is 1.32 bits per heavy atom. The molecule has 7 heteroatoms. The Labute approximate surface area is 147 Å². The van der Waals surface area contributed by atoms with Crippen molar-refractivity contribution in [2.45, 2.75) is 39.0 Å². The fourth-order valence-corrected chi connectivity index (χ4v) is 3.11. The molecule has 1 aromatic heterocycles. The predicted molar refractivity (Wildman–Crippen MR) is 93.6 cm³/mol. The number of likely N-dealkylation sites (tertiary alicyclic amines) is 1.